The predicted molar refractivity (Wildman–Crippen MR) is 254 cm³/mol. The normalized spacial score (nSPS) is 13.0. The fraction of sp³-hybridized carbons (Fsp3) is 0.0169. The third kappa shape index (κ3) is 5.28. The maximum atomic E-state index is 6.66. The lowest BCUT2D eigenvalue weighted by Gasteiger charge is -2.39. The molecular weight excluding hydrogens is 771 g/mol. The van der Waals surface area contributed by atoms with Gasteiger partial charge in [-0.1, -0.05) is 146 Å². The van der Waals surface area contributed by atoms with Crippen molar-refractivity contribution in [2.45, 2.75) is 5.41 Å². The van der Waals surface area contributed by atoms with Gasteiger partial charge in [0.1, 0.15) is 22.7 Å². The van der Waals surface area contributed by atoms with E-state index in [2.05, 4.69) is 205 Å². The van der Waals surface area contributed by atoms with Gasteiger partial charge in [0.2, 0.25) is 0 Å². The average Bonchev–Trinajstić information content (AvgIpc) is 4.10. The Morgan fingerprint density at radius 2 is 0.905 bits per heavy atom. The van der Waals surface area contributed by atoms with E-state index in [9.17, 15) is 0 Å². The molecular formula is C59H37NO3. The standard InChI is InChI=1S/C59H37NO3/c1-2-13-46(41-27-32-54-42(37-41)34-35-61-54)45(12-1)38-23-28-43(29-24-38)60(44-30-25-39(26-31-44)47-15-9-11-40-33-36-62-58(40)47)53-20-10-19-52-57(53)48-14-3-4-16-49(48)59(52)50-17-5-7-21-55(50)63-56-22-8-6-18-51(56)59/h1-37H. The molecule has 1 spiro atoms. The summed E-state index contributed by atoms with van der Waals surface area (Å²) in [5.41, 5.74) is 18.4. The van der Waals surface area contributed by atoms with Crippen LogP contribution in [-0.2, 0) is 5.41 Å². The lowest BCUT2D eigenvalue weighted by atomic mass is 9.66. The zero-order valence-electron chi connectivity index (χ0n) is 34.0. The van der Waals surface area contributed by atoms with Crippen molar-refractivity contribution >= 4 is 39.0 Å². The van der Waals surface area contributed by atoms with Crippen LogP contribution in [0.25, 0.3) is 66.4 Å². The van der Waals surface area contributed by atoms with E-state index in [1.54, 1.807) is 12.5 Å². The van der Waals surface area contributed by atoms with Crippen LogP contribution in [0.1, 0.15) is 22.3 Å². The van der Waals surface area contributed by atoms with Crippen molar-refractivity contribution in [3.63, 3.8) is 0 Å². The molecule has 9 aromatic carbocycles. The Balaban J connectivity index is 1.01. The Bertz CT molecular complexity index is 3510. The molecule has 13 rings (SSSR count). The number of anilines is 3. The highest BCUT2D eigenvalue weighted by Crippen LogP contribution is 2.64. The maximum absolute atomic E-state index is 6.66. The van der Waals surface area contributed by atoms with Crippen LogP contribution >= 0.6 is 0 Å². The minimum absolute atomic E-state index is 0.586. The molecule has 11 aromatic rings. The van der Waals surface area contributed by atoms with Crippen molar-refractivity contribution in [3.8, 4) is 56.0 Å². The highest BCUT2D eigenvalue weighted by Gasteiger charge is 2.51. The average molecular weight is 808 g/mol. The minimum atomic E-state index is -0.586. The van der Waals surface area contributed by atoms with Crippen LogP contribution in [0.5, 0.6) is 11.5 Å². The second kappa shape index (κ2) is 13.8. The van der Waals surface area contributed by atoms with E-state index in [1.165, 1.54) is 33.4 Å². The lowest BCUT2D eigenvalue weighted by molar-refractivity contribution is 0.436. The molecule has 0 radical (unpaired) electrons. The van der Waals surface area contributed by atoms with Gasteiger partial charge in [-0.3, -0.25) is 0 Å². The summed E-state index contributed by atoms with van der Waals surface area (Å²) in [5.74, 6) is 1.76. The molecule has 0 amide bonds. The molecule has 1 aliphatic carbocycles. The Kier molecular flexibility index (Phi) is 7.79. The number of para-hydroxylation sites is 3. The molecule has 1 aliphatic heterocycles. The Morgan fingerprint density at radius 1 is 0.365 bits per heavy atom. The Hall–Kier alpha value is -8.34. The zero-order chi connectivity index (χ0) is 41.5. The van der Waals surface area contributed by atoms with E-state index in [1.807, 2.05) is 12.1 Å². The van der Waals surface area contributed by atoms with Crippen molar-refractivity contribution in [1.82, 2.24) is 0 Å². The summed E-state index contributed by atoms with van der Waals surface area (Å²) in [4.78, 5) is 2.42. The van der Waals surface area contributed by atoms with Crippen molar-refractivity contribution in [2.24, 2.45) is 0 Å². The summed E-state index contributed by atoms with van der Waals surface area (Å²) in [6, 6.07) is 76.2. The van der Waals surface area contributed by atoms with E-state index < -0.39 is 5.41 Å². The number of ether oxygens (including phenoxy) is 1. The Labute approximate surface area is 364 Å². The van der Waals surface area contributed by atoms with Gasteiger partial charge < -0.3 is 18.5 Å². The fourth-order valence-corrected chi connectivity index (χ4v) is 10.4. The number of hydrogen-bond donors (Lipinski definition) is 0. The van der Waals surface area contributed by atoms with E-state index >= 15 is 0 Å². The second-order valence-corrected chi connectivity index (χ2v) is 16.4. The first kappa shape index (κ1) is 35.4. The molecule has 0 saturated heterocycles. The minimum Gasteiger partial charge on any atom is -0.464 e. The summed E-state index contributed by atoms with van der Waals surface area (Å²) in [5, 5.41) is 2.18. The van der Waals surface area contributed by atoms with Crippen LogP contribution in [0, 0.1) is 0 Å². The molecule has 0 fully saturated rings. The summed E-state index contributed by atoms with van der Waals surface area (Å²) >= 11 is 0. The second-order valence-electron chi connectivity index (χ2n) is 16.4. The number of hydrogen-bond acceptors (Lipinski definition) is 4. The predicted octanol–water partition coefficient (Wildman–Crippen LogP) is 16.1. The largest absolute Gasteiger partial charge is 0.464 e. The first-order valence-corrected chi connectivity index (χ1v) is 21.4. The molecule has 0 N–H and O–H groups in total. The van der Waals surface area contributed by atoms with E-state index in [4.69, 9.17) is 13.6 Å². The van der Waals surface area contributed by atoms with Gasteiger partial charge in [0.25, 0.3) is 0 Å². The van der Waals surface area contributed by atoms with Gasteiger partial charge >= 0.3 is 0 Å². The molecule has 2 aromatic heterocycles. The SMILES string of the molecule is c1ccc2c(c1)Oc1ccccc1C21c2ccccc2-c2c(N(c3ccc(-c4ccccc4-c4ccc5occc5c4)cc3)c3ccc(-c4cccc5ccoc45)cc3)cccc21. The molecule has 3 heterocycles. The van der Waals surface area contributed by atoms with E-state index in [0.717, 1.165) is 83.9 Å². The monoisotopic (exact) mass is 807 g/mol. The first-order chi connectivity index (χ1) is 31.2. The maximum Gasteiger partial charge on any atom is 0.141 e. The molecule has 0 unspecified atom stereocenters. The zero-order valence-corrected chi connectivity index (χ0v) is 34.0. The summed E-state index contributed by atoms with van der Waals surface area (Å²) in [6.45, 7) is 0. The fourth-order valence-electron chi connectivity index (χ4n) is 10.4. The van der Waals surface area contributed by atoms with Gasteiger partial charge in [0.15, 0.2) is 0 Å². The van der Waals surface area contributed by atoms with Crippen LogP contribution in [0.15, 0.2) is 234 Å². The van der Waals surface area contributed by atoms with E-state index in [0.29, 0.717) is 0 Å². The van der Waals surface area contributed by atoms with Crippen LogP contribution in [0.2, 0.25) is 0 Å². The third-order valence-corrected chi connectivity index (χ3v) is 13.1. The Morgan fingerprint density at radius 3 is 1.63 bits per heavy atom. The summed E-state index contributed by atoms with van der Waals surface area (Å²) < 4.78 is 18.3. The first-order valence-electron chi connectivity index (χ1n) is 21.4. The van der Waals surface area contributed by atoms with Crippen LogP contribution < -0.4 is 9.64 Å². The van der Waals surface area contributed by atoms with Crippen molar-refractivity contribution < 1.29 is 13.6 Å². The van der Waals surface area contributed by atoms with Crippen molar-refractivity contribution in [2.75, 3.05) is 4.90 Å². The number of fused-ring (bicyclic) bond motifs is 11. The number of rotatable bonds is 6. The van der Waals surface area contributed by atoms with Crippen LogP contribution in [0.4, 0.5) is 17.1 Å². The van der Waals surface area contributed by atoms with Gasteiger partial charge in [0.05, 0.1) is 23.6 Å². The number of nitrogens with zero attached hydrogens (tertiary/aromatic N) is 1. The molecule has 0 saturated carbocycles. The van der Waals surface area contributed by atoms with Crippen LogP contribution in [-0.4, -0.2) is 0 Å². The van der Waals surface area contributed by atoms with Gasteiger partial charge in [-0.15, -0.1) is 0 Å². The highest BCUT2D eigenvalue weighted by molar-refractivity contribution is 5.99. The molecule has 296 valence electrons. The molecule has 0 atom stereocenters. The lowest BCUT2D eigenvalue weighted by Crippen LogP contribution is -2.32. The topological polar surface area (TPSA) is 38.8 Å². The molecule has 2 aliphatic rings. The molecule has 0 bridgehead atoms. The van der Waals surface area contributed by atoms with E-state index in [-0.39, 0.29) is 0 Å². The van der Waals surface area contributed by atoms with Crippen molar-refractivity contribution in [3.05, 3.63) is 247 Å². The molecule has 4 nitrogen and oxygen atoms in total. The van der Waals surface area contributed by atoms with Crippen LogP contribution in [0.3, 0.4) is 0 Å². The van der Waals surface area contributed by atoms with Gasteiger partial charge in [0, 0.05) is 44.4 Å². The van der Waals surface area contributed by atoms with Crippen molar-refractivity contribution in [1.29, 1.82) is 0 Å². The number of benzene rings is 9. The summed E-state index contributed by atoms with van der Waals surface area (Å²) in [6.07, 6.45) is 3.51. The summed E-state index contributed by atoms with van der Waals surface area (Å²) in [7, 11) is 0. The van der Waals surface area contributed by atoms with Gasteiger partial charge in [-0.25, -0.2) is 0 Å². The number of furan rings is 2. The third-order valence-electron chi connectivity index (χ3n) is 13.1. The smallest absolute Gasteiger partial charge is 0.141 e. The van der Waals surface area contributed by atoms with Gasteiger partial charge in [-0.2, -0.15) is 0 Å². The van der Waals surface area contributed by atoms with Gasteiger partial charge in [-0.05, 0) is 111 Å². The highest BCUT2D eigenvalue weighted by atomic mass is 16.5. The quantitative estimate of drug-likeness (QED) is 0.168. The molecule has 4 heteroatoms. The molecule has 63 heavy (non-hydrogen) atoms.